The highest BCUT2D eigenvalue weighted by molar-refractivity contribution is 14.1. The lowest BCUT2D eigenvalue weighted by Crippen LogP contribution is -2.09. The zero-order valence-electron chi connectivity index (χ0n) is 8.71. The molecule has 0 aliphatic carbocycles. The third-order valence-corrected chi connectivity index (χ3v) is 2.90. The van der Waals surface area contributed by atoms with Gasteiger partial charge in [-0.15, -0.1) is 0 Å². The lowest BCUT2D eigenvalue weighted by molar-refractivity contribution is -0.139. The average Bonchev–Trinajstić information content (AvgIpc) is 2.30. The predicted octanol–water partition coefficient (Wildman–Crippen LogP) is 2.21. The summed E-state index contributed by atoms with van der Waals surface area (Å²) >= 11 is 1.74. The second kappa shape index (κ2) is 5.86. The summed E-state index contributed by atoms with van der Waals surface area (Å²) in [7, 11) is 1.22. The first-order valence-corrected chi connectivity index (χ1v) is 5.51. The molecule has 0 saturated carbocycles. The van der Waals surface area contributed by atoms with E-state index < -0.39 is 18.1 Å². The zero-order valence-corrected chi connectivity index (χ0v) is 10.9. The van der Waals surface area contributed by atoms with Gasteiger partial charge in [0.05, 0.1) is 19.1 Å². The SMILES string of the molecule is COC(=O)Cc1cc(C#N)c(C(F)F)nc1I. The maximum absolute atomic E-state index is 12.5. The van der Waals surface area contributed by atoms with Gasteiger partial charge in [0.2, 0.25) is 0 Å². The summed E-state index contributed by atoms with van der Waals surface area (Å²) < 4.78 is 29.8. The lowest BCUT2D eigenvalue weighted by atomic mass is 10.1. The number of halogens is 3. The molecule has 0 amide bonds. The van der Waals surface area contributed by atoms with Gasteiger partial charge in [0.1, 0.15) is 15.5 Å². The molecule has 0 fully saturated rings. The minimum atomic E-state index is -2.81. The number of hydrogen-bond acceptors (Lipinski definition) is 4. The number of carbonyl (C=O) groups is 1. The van der Waals surface area contributed by atoms with Gasteiger partial charge < -0.3 is 4.74 Å². The Balaban J connectivity index is 3.19. The maximum Gasteiger partial charge on any atom is 0.310 e. The molecule has 0 spiro atoms. The highest BCUT2D eigenvalue weighted by Gasteiger charge is 2.19. The smallest absolute Gasteiger partial charge is 0.310 e. The van der Waals surface area contributed by atoms with Crippen molar-refractivity contribution in [1.82, 2.24) is 4.98 Å². The molecule has 7 heteroatoms. The van der Waals surface area contributed by atoms with Crippen molar-refractivity contribution in [3.63, 3.8) is 0 Å². The van der Waals surface area contributed by atoms with E-state index >= 15 is 0 Å². The topological polar surface area (TPSA) is 63.0 Å². The highest BCUT2D eigenvalue weighted by atomic mass is 127. The third-order valence-electron chi connectivity index (χ3n) is 1.97. The molecule has 0 aliphatic rings. The van der Waals surface area contributed by atoms with Crippen LogP contribution in [-0.2, 0) is 16.0 Å². The fourth-order valence-electron chi connectivity index (χ4n) is 1.15. The monoisotopic (exact) mass is 352 g/mol. The molecule has 0 aromatic carbocycles. The van der Waals surface area contributed by atoms with Crippen LogP contribution in [0, 0.1) is 15.0 Å². The Morgan fingerprint density at radius 3 is 2.82 bits per heavy atom. The minimum Gasteiger partial charge on any atom is -0.469 e. The molecular formula is C10H7F2IN2O2. The lowest BCUT2D eigenvalue weighted by Gasteiger charge is -2.07. The number of nitrogens with zero attached hydrogens (tertiary/aromatic N) is 2. The molecule has 0 N–H and O–H groups in total. The second-order valence-electron chi connectivity index (χ2n) is 3.04. The third kappa shape index (κ3) is 3.33. The molecule has 0 radical (unpaired) electrons. The molecule has 1 aromatic heterocycles. The van der Waals surface area contributed by atoms with Crippen LogP contribution < -0.4 is 0 Å². The van der Waals surface area contributed by atoms with E-state index in [9.17, 15) is 13.6 Å². The number of carbonyl (C=O) groups excluding carboxylic acids is 1. The average molecular weight is 352 g/mol. The van der Waals surface area contributed by atoms with Crippen molar-refractivity contribution in [3.05, 3.63) is 26.6 Å². The van der Waals surface area contributed by atoms with Gasteiger partial charge in [-0.2, -0.15) is 5.26 Å². The van der Waals surface area contributed by atoms with Gasteiger partial charge in [-0.3, -0.25) is 4.79 Å². The number of alkyl halides is 2. The van der Waals surface area contributed by atoms with E-state index in [0.29, 0.717) is 5.56 Å². The largest absolute Gasteiger partial charge is 0.469 e. The van der Waals surface area contributed by atoms with E-state index in [2.05, 4.69) is 9.72 Å². The van der Waals surface area contributed by atoms with Gasteiger partial charge in [-0.1, -0.05) is 0 Å². The fraction of sp³-hybridized carbons (Fsp3) is 0.300. The molecule has 0 atom stereocenters. The quantitative estimate of drug-likeness (QED) is 0.475. The van der Waals surface area contributed by atoms with E-state index in [1.807, 2.05) is 0 Å². The van der Waals surface area contributed by atoms with E-state index in [0.717, 1.165) is 0 Å². The van der Waals surface area contributed by atoms with Crippen LogP contribution in [0.15, 0.2) is 6.07 Å². The number of pyridine rings is 1. The molecule has 0 aliphatic heterocycles. The van der Waals surface area contributed by atoms with Crippen molar-refractivity contribution in [3.8, 4) is 6.07 Å². The number of rotatable bonds is 3. The van der Waals surface area contributed by atoms with Crippen LogP contribution in [0.1, 0.15) is 23.2 Å². The van der Waals surface area contributed by atoms with Gasteiger partial charge in [0, 0.05) is 0 Å². The predicted molar refractivity (Wildman–Crippen MR) is 62.3 cm³/mol. The first-order chi connectivity index (χ1) is 7.99. The van der Waals surface area contributed by atoms with Crippen LogP contribution in [0.3, 0.4) is 0 Å². The number of ether oxygens (including phenoxy) is 1. The minimum absolute atomic E-state index is 0.0973. The number of hydrogen-bond donors (Lipinski definition) is 0. The van der Waals surface area contributed by atoms with Crippen molar-refractivity contribution in [1.29, 1.82) is 5.26 Å². The molecule has 1 rings (SSSR count). The fourth-order valence-corrected chi connectivity index (χ4v) is 1.76. The normalized spacial score (nSPS) is 10.1. The Morgan fingerprint density at radius 1 is 1.71 bits per heavy atom. The van der Waals surface area contributed by atoms with Gasteiger partial charge in [-0.05, 0) is 34.2 Å². The van der Waals surface area contributed by atoms with Crippen LogP contribution in [-0.4, -0.2) is 18.1 Å². The number of methoxy groups -OCH3 is 1. The van der Waals surface area contributed by atoms with Crippen LogP contribution in [0.4, 0.5) is 8.78 Å². The summed E-state index contributed by atoms with van der Waals surface area (Å²) in [5, 5.41) is 8.73. The second-order valence-corrected chi connectivity index (χ2v) is 4.06. The van der Waals surface area contributed by atoms with Crippen LogP contribution in [0.5, 0.6) is 0 Å². The number of esters is 1. The molecule has 0 bridgehead atoms. The molecule has 4 nitrogen and oxygen atoms in total. The van der Waals surface area contributed by atoms with Crippen molar-refractivity contribution >= 4 is 28.6 Å². The standard InChI is InChI=1S/C10H7F2IN2O2/c1-17-7(16)3-5-2-6(4-14)8(9(11)12)15-10(5)13/h2,9H,3H2,1H3. The van der Waals surface area contributed by atoms with Crippen molar-refractivity contribution in [2.45, 2.75) is 12.8 Å². The van der Waals surface area contributed by atoms with E-state index in [1.54, 1.807) is 28.7 Å². The van der Waals surface area contributed by atoms with Crippen molar-refractivity contribution in [2.24, 2.45) is 0 Å². The first kappa shape index (κ1) is 13.8. The maximum atomic E-state index is 12.5. The van der Waals surface area contributed by atoms with Crippen LogP contribution in [0.25, 0.3) is 0 Å². The number of aromatic nitrogens is 1. The molecule has 17 heavy (non-hydrogen) atoms. The summed E-state index contributed by atoms with van der Waals surface area (Å²) in [5.41, 5.74) is -0.386. The number of nitriles is 1. The molecule has 90 valence electrons. The van der Waals surface area contributed by atoms with Gasteiger partial charge >= 0.3 is 5.97 Å². The van der Waals surface area contributed by atoms with Gasteiger partial charge in [0.15, 0.2) is 0 Å². The Hall–Kier alpha value is -1.30. The van der Waals surface area contributed by atoms with Crippen molar-refractivity contribution < 1.29 is 18.3 Å². The van der Waals surface area contributed by atoms with Crippen molar-refractivity contribution in [2.75, 3.05) is 7.11 Å². The Bertz CT molecular complexity index is 486. The summed E-state index contributed by atoms with van der Waals surface area (Å²) in [5.74, 6) is -0.515. The molecule has 0 saturated heterocycles. The van der Waals surface area contributed by atoms with Crippen LogP contribution >= 0.6 is 22.6 Å². The molecule has 1 aromatic rings. The molecule has 0 unspecified atom stereocenters. The van der Waals surface area contributed by atoms with Gasteiger partial charge in [-0.25, -0.2) is 13.8 Å². The van der Waals surface area contributed by atoms with Crippen LogP contribution in [0.2, 0.25) is 0 Å². The Morgan fingerprint density at radius 2 is 2.35 bits per heavy atom. The summed E-state index contributed by atoms with van der Waals surface area (Å²) in [6.07, 6.45) is -2.91. The zero-order chi connectivity index (χ0) is 13.0. The van der Waals surface area contributed by atoms with Gasteiger partial charge in [0.25, 0.3) is 6.43 Å². The first-order valence-electron chi connectivity index (χ1n) is 4.44. The summed E-state index contributed by atoms with van der Waals surface area (Å²) in [6, 6.07) is 2.88. The van der Waals surface area contributed by atoms with E-state index in [1.165, 1.54) is 13.2 Å². The highest BCUT2D eigenvalue weighted by Crippen LogP contribution is 2.24. The molecular weight excluding hydrogens is 345 g/mol. The molecule has 1 heterocycles. The van der Waals surface area contributed by atoms with E-state index in [4.69, 9.17) is 5.26 Å². The van der Waals surface area contributed by atoms with E-state index in [-0.39, 0.29) is 15.7 Å². The summed E-state index contributed by atoms with van der Waals surface area (Å²) in [6.45, 7) is 0. The Labute approximate surface area is 110 Å². The summed E-state index contributed by atoms with van der Waals surface area (Å²) in [4.78, 5) is 14.7. The Kier molecular flexibility index (Phi) is 4.74.